The fourth-order valence-electron chi connectivity index (χ4n) is 2.57. The lowest BCUT2D eigenvalue weighted by atomic mass is 10.3. The number of aromatic nitrogens is 3. The Hall–Kier alpha value is -1.96. The third kappa shape index (κ3) is 3.53. The fraction of sp³-hybridized carbons (Fsp3) is 0.0588. The van der Waals surface area contributed by atoms with Crippen molar-refractivity contribution in [1.82, 2.24) is 14.4 Å². The van der Waals surface area contributed by atoms with Gasteiger partial charge in [0.1, 0.15) is 17.2 Å². The molecule has 0 spiro atoms. The molecule has 0 amide bonds. The van der Waals surface area contributed by atoms with Crippen molar-refractivity contribution in [2.24, 2.45) is 0 Å². The van der Waals surface area contributed by atoms with Crippen LogP contribution in [0.5, 0.6) is 0 Å². The molecule has 8 heteroatoms. The average molecular weight is 440 g/mol. The predicted octanol–water partition coefficient (Wildman–Crippen LogP) is 5.88. The van der Waals surface area contributed by atoms with Gasteiger partial charge in [-0.2, -0.15) is 0 Å². The molecule has 4 rings (SSSR count). The highest BCUT2D eigenvalue weighted by atomic mass is 79.9. The summed E-state index contributed by atoms with van der Waals surface area (Å²) in [6.07, 6.45) is 1.82. The maximum atomic E-state index is 13.3. The zero-order valence-electron chi connectivity index (χ0n) is 13.0. The van der Waals surface area contributed by atoms with Gasteiger partial charge >= 0.3 is 0 Å². The Bertz CT molecular complexity index is 1050. The van der Waals surface area contributed by atoms with Crippen LogP contribution in [0.15, 0.2) is 48.0 Å². The van der Waals surface area contributed by atoms with Gasteiger partial charge in [0.05, 0.1) is 16.4 Å². The number of hydrogen-bond acceptors (Lipinski definition) is 4. The quantitative estimate of drug-likeness (QED) is 0.433. The Kier molecular flexibility index (Phi) is 5.08. The zero-order valence-corrected chi connectivity index (χ0v) is 16.3. The van der Waals surface area contributed by atoms with E-state index in [-0.39, 0.29) is 22.8 Å². The van der Waals surface area contributed by atoms with Crippen LogP contribution in [0.1, 0.15) is 5.69 Å². The molecule has 0 unspecified atom stereocenters. The minimum atomic E-state index is -0.288. The second-order valence-electron chi connectivity index (χ2n) is 5.29. The van der Waals surface area contributed by atoms with Crippen molar-refractivity contribution in [3.05, 3.63) is 64.5 Å². The summed E-state index contributed by atoms with van der Waals surface area (Å²) in [5, 5.41) is 6.38. The second kappa shape index (κ2) is 7.11. The van der Waals surface area contributed by atoms with Crippen LogP contribution in [0, 0.1) is 12.7 Å². The SMILES string of the molecule is Br.Cc1nc2ccc(Cl)cn2c1-c1csc(Nc2cccc(F)c2)n1. The summed E-state index contributed by atoms with van der Waals surface area (Å²) in [6, 6.07) is 9.97. The van der Waals surface area contributed by atoms with Crippen molar-refractivity contribution < 1.29 is 4.39 Å². The first-order valence-electron chi connectivity index (χ1n) is 7.23. The zero-order chi connectivity index (χ0) is 16.7. The number of anilines is 2. The third-order valence-corrected chi connectivity index (χ3v) is 4.56. The number of nitrogens with one attached hydrogen (secondary N) is 1. The van der Waals surface area contributed by atoms with E-state index < -0.39 is 0 Å². The van der Waals surface area contributed by atoms with Crippen molar-refractivity contribution in [2.45, 2.75) is 6.92 Å². The summed E-state index contributed by atoms with van der Waals surface area (Å²) in [7, 11) is 0. The lowest BCUT2D eigenvalue weighted by Gasteiger charge is -2.02. The van der Waals surface area contributed by atoms with E-state index in [1.54, 1.807) is 12.1 Å². The molecule has 3 heterocycles. The van der Waals surface area contributed by atoms with Crippen LogP contribution < -0.4 is 5.32 Å². The topological polar surface area (TPSA) is 42.2 Å². The van der Waals surface area contributed by atoms with E-state index in [4.69, 9.17) is 11.6 Å². The van der Waals surface area contributed by atoms with Crippen molar-refractivity contribution in [1.29, 1.82) is 0 Å². The molecule has 0 aliphatic carbocycles. The molecule has 0 bridgehead atoms. The highest BCUT2D eigenvalue weighted by molar-refractivity contribution is 8.93. The predicted molar refractivity (Wildman–Crippen MR) is 106 cm³/mol. The van der Waals surface area contributed by atoms with E-state index in [9.17, 15) is 4.39 Å². The van der Waals surface area contributed by atoms with E-state index in [0.717, 1.165) is 22.7 Å². The summed E-state index contributed by atoms with van der Waals surface area (Å²) in [6.45, 7) is 1.94. The minimum absolute atomic E-state index is 0. The molecule has 0 saturated heterocycles. The van der Waals surface area contributed by atoms with E-state index >= 15 is 0 Å². The minimum Gasteiger partial charge on any atom is -0.331 e. The number of imidazole rings is 1. The van der Waals surface area contributed by atoms with Crippen LogP contribution in [-0.2, 0) is 0 Å². The Morgan fingerprint density at radius 3 is 2.84 bits per heavy atom. The van der Waals surface area contributed by atoms with E-state index in [0.29, 0.717) is 15.8 Å². The molecule has 0 atom stereocenters. The molecule has 0 saturated carbocycles. The molecular formula is C17H13BrClFN4S. The van der Waals surface area contributed by atoms with Gasteiger partial charge in [0.15, 0.2) is 5.13 Å². The van der Waals surface area contributed by atoms with Gasteiger partial charge in [0, 0.05) is 17.3 Å². The van der Waals surface area contributed by atoms with Gasteiger partial charge in [-0.15, -0.1) is 28.3 Å². The van der Waals surface area contributed by atoms with E-state index in [2.05, 4.69) is 15.3 Å². The van der Waals surface area contributed by atoms with Crippen molar-refractivity contribution in [2.75, 3.05) is 5.32 Å². The normalized spacial score (nSPS) is 10.7. The van der Waals surface area contributed by atoms with Gasteiger partial charge < -0.3 is 5.32 Å². The summed E-state index contributed by atoms with van der Waals surface area (Å²) >= 11 is 7.55. The highest BCUT2D eigenvalue weighted by Gasteiger charge is 2.14. The number of thiazole rings is 1. The van der Waals surface area contributed by atoms with Crippen molar-refractivity contribution in [3.8, 4) is 11.4 Å². The number of hydrogen-bond donors (Lipinski definition) is 1. The number of benzene rings is 1. The molecule has 0 aliphatic rings. The first-order chi connectivity index (χ1) is 11.6. The molecule has 0 fully saturated rings. The Morgan fingerprint density at radius 1 is 1.20 bits per heavy atom. The summed E-state index contributed by atoms with van der Waals surface area (Å²) in [4.78, 5) is 9.13. The fourth-order valence-corrected chi connectivity index (χ4v) is 3.45. The highest BCUT2D eigenvalue weighted by Crippen LogP contribution is 2.30. The Balaban J connectivity index is 0.00000182. The molecule has 0 radical (unpaired) electrons. The van der Waals surface area contributed by atoms with Gasteiger partial charge in [-0.1, -0.05) is 17.7 Å². The number of pyridine rings is 1. The number of fused-ring (bicyclic) bond motifs is 1. The van der Waals surface area contributed by atoms with Crippen LogP contribution in [0.3, 0.4) is 0 Å². The van der Waals surface area contributed by atoms with E-state index in [1.165, 1.54) is 23.5 Å². The van der Waals surface area contributed by atoms with Gasteiger partial charge in [-0.05, 0) is 37.3 Å². The molecule has 0 aliphatic heterocycles. The van der Waals surface area contributed by atoms with Crippen LogP contribution in [-0.4, -0.2) is 14.4 Å². The smallest absolute Gasteiger partial charge is 0.187 e. The molecular weight excluding hydrogens is 427 g/mol. The second-order valence-corrected chi connectivity index (χ2v) is 6.59. The molecule has 1 aromatic carbocycles. The van der Waals surface area contributed by atoms with E-state index in [1.807, 2.05) is 35.0 Å². The molecule has 4 nitrogen and oxygen atoms in total. The molecule has 3 aromatic heterocycles. The maximum absolute atomic E-state index is 13.3. The molecule has 128 valence electrons. The standard InChI is InChI=1S/C17H12ClFN4S.BrH/c1-10-16(23-8-11(18)5-6-15(23)20-10)14-9-24-17(22-14)21-13-4-2-3-12(19)7-13;/h2-9H,1H3,(H,21,22);1H. The molecule has 1 N–H and O–H groups in total. The van der Waals surface area contributed by atoms with Gasteiger partial charge in [0.25, 0.3) is 0 Å². The molecule has 4 aromatic rings. The summed E-state index contributed by atoms with van der Waals surface area (Å²) in [5.74, 6) is -0.288. The molecule has 25 heavy (non-hydrogen) atoms. The third-order valence-electron chi connectivity index (χ3n) is 3.58. The summed E-state index contributed by atoms with van der Waals surface area (Å²) < 4.78 is 15.2. The largest absolute Gasteiger partial charge is 0.331 e. The van der Waals surface area contributed by atoms with Crippen LogP contribution in [0.4, 0.5) is 15.2 Å². The number of halogens is 3. The monoisotopic (exact) mass is 438 g/mol. The van der Waals surface area contributed by atoms with Gasteiger partial charge in [0.2, 0.25) is 0 Å². The lowest BCUT2D eigenvalue weighted by molar-refractivity contribution is 0.628. The van der Waals surface area contributed by atoms with Crippen LogP contribution in [0.2, 0.25) is 5.02 Å². The van der Waals surface area contributed by atoms with Crippen LogP contribution >= 0.6 is 39.9 Å². The first kappa shape index (κ1) is 17.8. The maximum Gasteiger partial charge on any atom is 0.187 e. The first-order valence-corrected chi connectivity index (χ1v) is 8.48. The number of aryl methyl sites for hydroxylation is 1. The number of rotatable bonds is 3. The van der Waals surface area contributed by atoms with Crippen molar-refractivity contribution in [3.63, 3.8) is 0 Å². The Morgan fingerprint density at radius 2 is 2.04 bits per heavy atom. The Labute approximate surface area is 163 Å². The van der Waals surface area contributed by atoms with Gasteiger partial charge in [-0.25, -0.2) is 14.4 Å². The lowest BCUT2D eigenvalue weighted by Crippen LogP contribution is -1.92. The summed E-state index contributed by atoms with van der Waals surface area (Å²) in [5.41, 5.74) is 4.05. The van der Waals surface area contributed by atoms with Crippen LogP contribution in [0.25, 0.3) is 17.0 Å². The van der Waals surface area contributed by atoms with Gasteiger partial charge in [-0.3, -0.25) is 4.40 Å². The average Bonchev–Trinajstić information content (AvgIpc) is 3.10. The number of nitrogens with zero attached hydrogens (tertiary/aromatic N) is 3. The van der Waals surface area contributed by atoms with Crippen molar-refractivity contribution >= 4 is 56.4 Å².